The molecule has 0 fully saturated rings. The van der Waals surface area contributed by atoms with E-state index in [0.717, 1.165) is 17.5 Å². The summed E-state index contributed by atoms with van der Waals surface area (Å²) in [7, 11) is 0. The summed E-state index contributed by atoms with van der Waals surface area (Å²) in [6, 6.07) is 13.0. The molecule has 0 bridgehead atoms. The zero-order valence-electron chi connectivity index (χ0n) is 17.0. The lowest BCUT2D eigenvalue weighted by Crippen LogP contribution is -2.34. The third-order valence-electron chi connectivity index (χ3n) is 4.57. The number of aliphatic hydroxyl groups is 1. The molecule has 0 saturated heterocycles. The average Bonchev–Trinajstić information content (AvgIpc) is 2.72. The van der Waals surface area contributed by atoms with E-state index in [-0.39, 0.29) is 19.3 Å². The number of benzene rings is 2. The van der Waals surface area contributed by atoms with Crippen LogP contribution >= 0.6 is 11.6 Å². The van der Waals surface area contributed by atoms with Crippen molar-refractivity contribution in [3.8, 4) is 11.5 Å². The summed E-state index contributed by atoms with van der Waals surface area (Å²) in [4.78, 5) is 11.4. The maximum atomic E-state index is 11.4. The molecule has 3 atom stereocenters. The topological polar surface area (TPSA) is 86.3 Å². The Labute approximate surface area is 180 Å². The van der Waals surface area contributed by atoms with Crippen LogP contribution in [0.2, 0.25) is 5.02 Å². The molecule has 1 aliphatic heterocycles. The van der Waals surface area contributed by atoms with Crippen LogP contribution in [0, 0.1) is 0 Å². The molecule has 0 aromatic heterocycles. The molecule has 8 heteroatoms. The second-order valence-corrected chi connectivity index (χ2v) is 7.46. The van der Waals surface area contributed by atoms with Crippen molar-refractivity contribution < 1.29 is 28.8 Å². The molecule has 7 nitrogen and oxygen atoms in total. The maximum absolute atomic E-state index is 11.4. The van der Waals surface area contributed by atoms with Gasteiger partial charge in [-0.25, -0.2) is 4.79 Å². The zero-order valence-corrected chi connectivity index (χ0v) is 17.7. The van der Waals surface area contributed by atoms with Crippen LogP contribution in [-0.2, 0) is 15.9 Å². The summed E-state index contributed by atoms with van der Waals surface area (Å²) in [5.41, 5.74) is 1.83. The van der Waals surface area contributed by atoms with E-state index in [1.807, 2.05) is 31.2 Å². The third kappa shape index (κ3) is 6.26. The van der Waals surface area contributed by atoms with Crippen molar-refractivity contribution in [2.45, 2.75) is 38.7 Å². The lowest BCUT2D eigenvalue weighted by Gasteiger charge is -2.26. The Morgan fingerprint density at radius 2 is 2.13 bits per heavy atom. The molecule has 3 rings (SSSR count). The van der Waals surface area contributed by atoms with E-state index in [0.29, 0.717) is 23.1 Å². The Morgan fingerprint density at radius 3 is 2.90 bits per heavy atom. The van der Waals surface area contributed by atoms with E-state index in [4.69, 9.17) is 30.5 Å². The zero-order chi connectivity index (χ0) is 21.5. The van der Waals surface area contributed by atoms with E-state index < -0.39 is 18.5 Å². The molecule has 2 N–H and O–H groups in total. The molecule has 0 amide bonds. The smallest absolute Gasteiger partial charge is 0.482 e. The monoisotopic (exact) mass is 435 g/mol. The van der Waals surface area contributed by atoms with Crippen LogP contribution < -0.4 is 14.8 Å². The van der Waals surface area contributed by atoms with Gasteiger partial charge in [0.1, 0.15) is 0 Å². The first-order chi connectivity index (χ1) is 14.4. The summed E-state index contributed by atoms with van der Waals surface area (Å²) in [5.74, 6) is 1.11. The van der Waals surface area contributed by atoms with Crippen molar-refractivity contribution in [3.63, 3.8) is 0 Å². The van der Waals surface area contributed by atoms with Crippen molar-refractivity contribution in [2.24, 2.45) is 0 Å². The standard InChI is InChI=1S/C22H26ClNO6/c1-3-27-22(26)30-21-13-28-20-10-15(7-8-19(20)29-21)9-14(2)24-12-18(25)16-5-4-6-17(23)11-16/h4-8,10-11,14,18,21,24-25H,3,9,12-13H2,1-2H3/t14-,18?,21-/m1/s1. The van der Waals surface area contributed by atoms with Gasteiger partial charge in [-0.2, -0.15) is 0 Å². The lowest BCUT2D eigenvalue weighted by molar-refractivity contribution is -0.0962. The number of ether oxygens (including phenoxy) is 4. The fraction of sp³-hybridized carbons (Fsp3) is 0.409. The van der Waals surface area contributed by atoms with Gasteiger partial charge in [0.2, 0.25) is 0 Å². The van der Waals surface area contributed by atoms with Gasteiger partial charge in [-0.3, -0.25) is 0 Å². The highest BCUT2D eigenvalue weighted by molar-refractivity contribution is 6.30. The van der Waals surface area contributed by atoms with Gasteiger partial charge in [-0.1, -0.05) is 29.8 Å². The summed E-state index contributed by atoms with van der Waals surface area (Å²) in [6.07, 6.45) is -1.52. The Morgan fingerprint density at radius 1 is 1.30 bits per heavy atom. The van der Waals surface area contributed by atoms with Crippen molar-refractivity contribution in [1.82, 2.24) is 5.32 Å². The van der Waals surface area contributed by atoms with E-state index in [9.17, 15) is 9.90 Å². The Kier molecular flexibility index (Phi) is 7.79. The molecule has 0 aliphatic carbocycles. The minimum atomic E-state index is -0.837. The highest BCUT2D eigenvalue weighted by Gasteiger charge is 2.25. The molecule has 1 unspecified atom stereocenters. The van der Waals surface area contributed by atoms with Gasteiger partial charge < -0.3 is 29.4 Å². The second kappa shape index (κ2) is 10.5. The lowest BCUT2D eigenvalue weighted by atomic mass is 10.1. The fourth-order valence-corrected chi connectivity index (χ4v) is 3.31. The molecule has 30 heavy (non-hydrogen) atoms. The SMILES string of the molecule is CCOC(=O)O[C@@H]1COc2cc(C[C@@H](C)NCC(O)c3cccc(Cl)c3)ccc2O1. The molecule has 1 heterocycles. The molecule has 1 aliphatic rings. The average molecular weight is 436 g/mol. The first kappa shape index (κ1) is 22.2. The predicted molar refractivity (Wildman–Crippen MR) is 112 cm³/mol. The van der Waals surface area contributed by atoms with Crippen LogP contribution in [0.5, 0.6) is 11.5 Å². The minimum absolute atomic E-state index is 0.0922. The number of carbonyl (C=O) groups excluding carboxylic acids is 1. The molecule has 0 radical (unpaired) electrons. The van der Waals surface area contributed by atoms with Gasteiger partial charge in [-0.05, 0) is 55.7 Å². The molecule has 0 saturated carbocycles. The van der Waals surface area contributed by atoms with Gasteiger partial charge in [-0.15, -0.1) is 0 Å². The number of nitrogens with one attached hydrogen (secondary N) is 1. The summed E-state index contributed by atoms with van der Waals surface area (Å²) in [6.45, 7) is 4.48. The van der Waals surface area contributed by atoms with Crippen LogP contribution in [0.25, 0.3) is 0 Å². The number of rotatable bonds is 8. The molecule has 0 spiro atoms. The molecular weight excluding hydrogens is 410 g/mol. The Balaban J connectivity index is 1.50. The largest absolute Gasteiger partial charge is 0.511 e. The highest BCUT2D eigenvalue weighted by atomic mass is 35.5. The van der Waals surface area contributed by atoms with Gasteiger partial charge in [0.05, 0.1) is 12.7 Å². The van der Waals surface area contributed by atoms with Crippen molar-refractivity contribution in [2.75, 3.05) is 19.8 Å². The summed E-state index contributed by atoms with van der Waals surface area (Å²) >= 11 is 5.98. The minimum Gasteiger partial charge on any atom is -0.482 e. The van der Waals surface area contributed by atoms with Crippen LogP contribution in [0.3, 0.4) is 0 Å². The fourth-order valence-electron chi connectivity index (χ4n) is 3.11. The quantitative estimate of drug-likeness (QED) is 0.609. The van der Waals surface area contributed by atoms with Crippen LogP contribution in [-0.4, -0.2) is 43.4 Å². The Hall–Kier alpha value is -2.48. The second-order valence-electron chi connectivity index (χ2n) is 7.02. The Bertz CT molecular complexity index is 861. The van der Waals surface area contributed by atoms with Crippen molar-refractivity contribution >= 4 is 17.8 Å². The van der Waals surface area contributed by atoms with E-state index in [1.165, 1.54) is 0 Å². The number of halogens is 1. The normalized spacial score (nSPS) is 17.1. The van der Waals surface area contributed by atoms with Crippen LogP contribution in [0.15, 0.2) is 42.5 Å². The predicted octanol–water partition coefficient (Wildman–Crippen LogP) is 3.86. The van der Waals surface area contributed by atoms with Gasteiger partial charge in [0, 0.05) is 17.6 Å². The number of fused-ring (bicyclic) bond motifs is 1. The summed E-state index contributed by atoms with van der Waals surface area (Å²) in [5, 5.41) is 14.3. The number of hydrogen-bond acceptors (Lipinski definition) is 7. The third-order valence-corrected chi connectivity index (χ3v) is 4.80. The molecular formula is C22H26ClNO6. The van der Waals surface area contributed by atoms with E-state index >= 15 is 0 Å². The van der Waals surface area contributed by atoms with Gasteiger partial charge >= 0.3 is 6.16 Å². The van der Waals surface area contributed by atoms with E-state index in [2.05, 4.69) is 5.32 Å². The number of aliphatic hydroxyl groups excluding tert-OH is 1. The molecule has 2 aromatic rings. The summed E-state index contributed by atoms with van der Waals surface area (Å²) < 4.78 is 21.1. The molecule has 2 aromatic carbocycles. The number of carbonyl (C=O) groups is 1. The maximum Gasteiger partial charge on any atom is 0.511 e. The first-order valence-electron chi connectivity index (χ1n) is 9.87. The van der Waals surface area contributed by atoms with Crippen molar-refractivity contribution in [3.05, 3.63) is 58.6 Å². The van der Waals surface area contributed by atoms with Gasteiger partial charge in [0.25, 0.3) is 6.29 Å². The van der Waals surface area contributed by atoms with Crippen molar-refractivity contribution in [1.29, 1.82) is 0 Å². The molecule has 162 valence electrons. The van der Waals surface area contributed by atoms with Crippen LogP contribution in [0.1, 0.15) is 31.1 Å². The van der Waals surface area contributed by atoms with E-state index in [1.54, 1.807) is 25.1 Å². The number of hydrogen-bond donors (Lipinski definition) is 2. The first-order valence-corrected chi connectivity index (χ1v) is 10.2. The van der Waals surface area contributed by atoms with Crippen LogP contribution in [0.4, 0.5) is 4.79 Å². The van der Waals surface area contributed by atoms with Gasteiger partial charge in [0.15, 0.2) is 18.1 Å². The highest BCUT2D eigenvalue weighted by Crippen LogP contribution is 2.33.